The number of benzene rings is 2. The van der Waals surface area contributed by atoms with Crippen LogP contribution in [0.5, 0.6) is 5.75 Å². The van der Waals surface area contributed by atoms with Gasteiger partial charge >= 0.3 is 0 Å². The zero-order chi connectivity index (χ0) is 22.7. The molecule has 172 valence electrons. The summed E-state index contributed by atoms with van der Waals surface area (Å²) in [7, 11) is 3.79. The number of methoxy groups -OCH3 is 1. The summed E-state index contributed by atoms with van der Waals surface area (Å²) in [5.41, 5.74) is 9.68. The number of nitrogens with zero attached hydrogens (tertiary/aromatic N) is 1. The van der Waals surface area contributed by atoms with Crippen molar-refractivity contribution in [3.63, 3.8) is 0 Å². The van der Waals surface area contributed by atoms with Crippen LogP contribution in [-0.4, -0.2) is 44.1 Å². The fourth-order valence-corrected chi connectivity index (χ4v) is 5.51. The normalized spacial score (nSPS) is 21.5. The average molecular weight is 455 g/mol. The molecule has 1 aliphatic carbocycles. The fraction of sp³-hybridized carbons (Fsp3) is 0.480. The molecule has 1 saturated heterocycles. The quantitative estimate of drug-likeness (QED) is 0.405. The van der Waals surface area contributed by atoms with Crippen molar-refractivity contribution in [2.75, 3.05) is 43.6 Å². The molecule has 1 spiro atoms. The molecule has 0 bridgehead atoms. The number of nitrogens with two attached hydrogens (primary N) is 1. The van der Waals surface area contributed by atoms with Crippen LogP contribution in [0.15, 0.2) is 41.3 Å². The Morgan fingerprint density at radius 3 is 2.62 bits per heavy atom. The molecule has 2 fully saturated rings. The molecule has 6 nitrogen and oxygen atoms in total. The number of nitrogens with one attached hydrogen (secondary N) is 2. The summed E-state index contributed by atoms with van der Waals surface area (Å²) in [6, 6.07) is 12.0. The van der Waals surface area contributed by atoms with E-state index in [2.05, 4.69) is 35.2 Å². The number of para-hydroxylation sites is 1. The Morgan fingerprint density at radius 2 is 1.97 bits per heavy atom. The number of carbonyl (C=O) groups is 1. The molecule has 1 amide bonds. The number of likely N-dealkylation sites (N-methyl/N-ethyl adjacent to an activating group) is 1. The van der Waals surface area contributed by atoms with E-state index in [1.54, 1.807) is 7.11 Å². The van der Waals surface area contributed by atoms with Crippen LogP contribution in [0.1, 0.15) is 44.1 Å². The molecular formula is C25H34N4O2S. The molecule has 2 heterocycles. The molecule has 3 aliphatic rings. The molecule has 0 aromatic heterocycles. The van der Waals surface area contributed by atoms with Gasteiger partial charge in [-0.3, -0.25) is 4.79 Å². The van der Waals surface area contributed by atoms with Gasteiger partial charge in [-0.25, -0.2) is 0 Å². The highest BCUT2D eigenvalue weighted by Crippen LogP contribution is 2.51. The second-order valence-electron chi connectivity index (χ2n) is 9.15. The van der Waals surface area contributed by atoms with Crippen LogP contribution < -0.4 is 21.1 Å². The van der Waals surface area contributed by atoms with Gasteiger partial charge in [0, 0.05) is 23.2 Å². The number of likely N-dealkylation sites (tertiary alicyclic amines) is 1. The Kier molecular flexibility index (Phi) is 6.86. The summed E-state index contributed by atoms with van der Waals surface area (Å²) in [4.78, 5) is 15.9. The average Bonchev–Trinajstić information content (AvgIpc) is 3.36. The Hall–Kier alpha value is -2.38. The Labute approximate surface area is 196 Å². The summed E-state index contributed by atoms with van der Waals surface area (Å²) in [5.74, 6) is 0.986. The highest BCUT2D eigenvalue weighted by atomic mass is 32.1. The third kappa shape index (κ3) is 4.55. The van der Waals surface area contributed by atoms with Crippen molar-refractivity contribution in [2.45, 2.75) is 54.9 Å². The first kappa shape index (κ1) is 22.8. The van der Waals surface area contributed by atoms with Crippen LogP contribution in [0, 0.1) is 0 Å². The first-order chi connectivity index (χ1) is 15.4. The van der Waals surface area contributed by atoms with Crippen LogP contribution in [0.4, 0.5) is 17.1 Å². The lowest BCUT2D eigenvalue weighted by atomic mass is 9.80. The molecule has 2 aromatic carbocycles. The van der Waals surface area contributed by atoms with Crippen LogP contribution in [0.25, 0.3) is 0 Å². The van der Waals surface area contributed by atoms with E-state index in [9.17, 15) is 4.79 Å². The van der Waals surface area contributed by atoms with Crippen molar-refractivity contribution in [3.05, 3.63) is 42.0 Å². The van der Waals surface area contributed by atoms with Crippen LogP contribution in [0.2, 0.25) is 0 Å². The Balaban J connectivity index is 0.000000230. The van der Waals surface area contributed by atoms with E-state index in [-0.39, 0.29) is 11.3 Å². The lowest BCUT2D eigenvalue weighted by Gasteiger charge is -2.31. The standard InChI is InChI=1S/C18H26N4O.C7H8OS/c1-22-8-4-5-13(11-22)20-15-10-12(19)9-14-16(15)21-17(23)18(14)6-2-3-7-18;1-8-6-4-2-3-5-7(6)9/h9-10,13,20H,2-8,11,19H2,1H3,(H,21,23);2-5,9H,1H3. The monoisotopic (exact) mass is 454 g/mol. The number of fused-ring (bicyclic) bond motifs is 2. The predicted molar refractivity (Wildman–Crippen MR) is 134 cm³/mol. The maximum absolute atomic E-state index is 12.7. The molecule has 4 N–H and O–H groups in total. The molecule has 7 heteroatoms. The summed E-state index contributed by atoms with van der Waals surface area (Å²) in [6.07, 6.45) is 6.50. The maximum atomic E-state index is 12.7. The van der Waals surface area contributed by atoms with Gasteiger partial charge in [-0.2, -0.15) is 0 Å². The first-order valence-corrected chi connectivity index (χ1v) is 11.9. The number of hydrogen-bond acceptors (Lipinski definition) is 6. The number of thiol groups is 1. The highest BCUT2D eigenvalue weighted by Gasteiger charge is 2.49. The topological polar surface area (TPSA) is 79.6 Å². The van der Waals surface area contributed by atoms with E-state index < -0.39 is 0 Å². The van der Waals surface area contributed by atoms with Gasteiger partial charge in [0.1, 0.15) is 5.75 Å². The minimum Gasteiger partial charge on any atom is -0.496 e. The van der Waals surface area contributed by atoms with Gasteiger partial charge in [0.05, 0.1) is 23.9 Å². The van der Waals surface area contributed by atoms with Crippen LogP contribution in [0.3, 0.4) is 0 Å². The molecular weight excluding hydrogens is 420 g/mol. The number of carbonyl (C=O) groups excluding carboxylic acids is 1. The van der Waals surface area contributed by atoms with Crippen LogP contribution in [-0.2, 0) is 10.2 Å². The minimum atomic E-state index is -0.329. The van der Waals surface area contributed by atoms with Crippen molar-refractivity contribution in [3.8, 4) is 5.75 Å². The number of amides is 1. The Morgan fingerprint density at radius 1 is 1.22 bits per heavy atom. The maximum Gasteiger partial charge on any atom is 0.235 e. The van der Waals surface area contributed by atoms with E-state index in [0.29, 0.717) is 6.04 Å². The van der Waals surface area contributed by atoms with Gasteiger partial charge in [0.15, 0.2) is 0 Å². The van der Waals surface area contributed by atoms with E-state index in [4.69, 9.17) is 10.5 Å². The largest absolute Gasteiger partial charge is 0.496 e. The van der Waals surface area contributed by atoms with E-state index in [0.717, 1.165) is 78.5 Å². The molecule has 5 rings (SSSR count). The zero-order valence-corrected chi connectivity index (χ0v) is 19.9. The molecule has 1 saturated carbocycles. The molecule has 1 atom stereocenters. The summed E-state index contributed by atoms with van der Waals surface area (Å²) in [6.45, 7) is 2.19. The molecule has 2 aliphatic heterocycles. The van der Waals surface area contributed by atoms with Gasteiger partial charge in [0.25, 0.3) is 0 Å². The third-order valence-electron chi connectivity index (χ3n) is 6.88. The third-order valence-corrected chi connectivity index (χ3v) is 7.25. The van der Waals surface area contributed by atoms with Gasteiger partial charge in [-0.1, -0.05) is 25.0 Å². The zero-order valence-electron chi connectivity index (χ0n) is 19.0. The number of ether oxygens (including phenoxy) is 1. The lowest BCUT2D eigenvalue weighted by molar-refractivity contribution is -0.120. The number of hydrogen-bond donors (Lipinski definition) is 4. The van der Waals surface area contributed by atoms with Crippen molar-refractivity contribution in [1.29, 1.82) is 0 Å². The van der Waals surface area contributed by atoms with E-state index in [1.165, 1.54) is 6.42 Å². The van der Waals surface area contributed by atoms with Crippen molar-refractivity contribution < 1.29 is 9.53 Å². The molecule has 2 aromatic rings. The lowest BCUT2D eigenvalue weighted by Crippen LogP contribution is -2.39. The first-order valence-electron chi connectivity index (χ1n) is 11.5. The summed E-state index contributed by atoms with van der Waals surface area (Å²) in [5, 5.41) is 6.80. The van der Waals surface area contributed by atoms with Gasteiger partial charge in [-0.15, -0.1) is 12.6 Å². The second kappa shape index (κ2) is 9.63. The number of anilines is 3. The fourth-order valence-electron chi connectivity index (χ4n) is 5.25. The number of rotatable bonds is 3. The van der Waals surface area contributed by atoms with Crippen molar-refractivity contribution >= 4 is 35.6 Å². The van der Waals surface area contributed by atoms with E-state index in [1.807, 2.05) is 36.4 Å². The number of piperidine rings is 1. The van der Waals surface area contributed by atoms with Crippen molar-refractivity contribution in [1.82, 2.24) is 4.90 Å². The van der Waals surface area contributed by atoms with Crippen molar-refractivity contribution in [2.24, 2.45) is 0 Å². The molecule has 1 unspecified atom stereocenters. The highest BCUT2D eigenvalue weighted by molar-refractivity contribution is 7.80. The SMILES string of the molecule is CN1CCCC(Nc2cc(N)cc3c2NC(=O)C32CCCC2)C1.COc1ccccc1S. The van der Waals surface area contributed by atoms with Gasteiger partial charge in [0.2, 0.25) is 5.91 Å². The van der Waals surface area contributed by atoms with E-state index >= 15 is 0 Å². The smallest absolute Gasteiger partial charge is 0.235 e. The molecule has 32 heavy (non-hydrogen) atoms. The predicted octanol–water partition coefficient (Wildman–Crippen LogP) is 4.52. The van der Waals surface area contributed by atoms with Gasteiger partial charge < -0.3 is 26.0 Å². The summed E-state index contributed by atoms with van der Waals surface area (Å²) < 4.78 is 4.97. The summed E-state index contributed by atoms with van der Waals surface area (Å²) >= 11 is 4.15. The van der Waals surface area contributed by atoms with Crippen LogP contribution >= 0.6 is 12.6 Å². The number of nitrogen functional groups attached to an aromatic ring is 1. The second-order valence-corrected chi connectivity index (χ2v) is 9.63. The Bertz CT molecular complexity index is 974. The minimum absolute atomic E-state index is 0.166. The molecule has 0 radical (unpaired) electrons. The van der Waals surface area contributed by atoms with Gasteiger partial charge in [-0.05, 0) is 69.1 Å².